The molecule has 1 saturated heterocycles. The van der Waals surface area contributed by atoms with Crippen molar-refractivity contribution in [2.75, 3.05) is 20.2 Å². The van der Waals surface area contributed by atoms with Crippen LogP contribution in [0.4, 0.5) is 0 Å². The average Bonchev–Trinajstić information content (AvgIpc) is 2.35. The summed E-state index contributed by atoms with van der Waals surface area (Å²) in [4.78, 5) is 24.7. The first-order valence-electron chi connectivity index (χ1n) is 6.55. The number of nitrogens with one attached hydrogen (secondary N) is 1. The molecule has 0 aliphatic carbocycles. The molecule has 1 N–H and O–H groups in total. The molecule has 1 aliphatic rings. The number of rotatable bonds is 4. The standard InChI is InChI=1S/C13H24N2O3/c1-9(2)12(13(17)18-4)14-11-5-7-15(8-6-11)10(3)16/h9,11-12,14H,5-8H2,1-4H3/t12-/m0/s1. The van der Waals surface area contributed by atoms with Crippen LogP contribution in [-0.4, -0.2) is 49.1 Å². The third-order valence-electron chi connectivity index (χ3n) is 3.48. The van der Waals surface area contributed by atoms with E-state index in [1.807, 2.05) is 18.7 Å². The Labute approximate surface area is 109 Å². The third kappa shape index (κ3) is 3.98. The summed E-state index contributed by atoms with van der Waals surface area (Å²) < 4.78 is 4.81. The van der Waals surface area contributed by atoms with Crippen molar-refractivity contribution >= 4 is 11.9 Å². The number of ether oxygens (including phenoxy) is 1. The van der Waals surface area contributed by atoms with E-state index in [4.69, 9.17) is 4.74 Å². The van der Waals surface area contributed by atoms with Gasteiger partial charge in [-0.05, 0) is 18.8 Å². The van der Waals surface area contributed by atoms with Crippen LogP contribution in [0.15, 0.2) is 0 Å². The quantitative estimate of drug-likeness (QED) is 0.755. The van der Waals surface area contributed by atoms with Crippen molar-refractivity contribution in [1.82, 2.24) is 10.2 Å². The smallest absolute Gasteiger partial charge is 0.323 e. The molecule has 0 aromatic rings. The fourth-order valence-corrected chi connectivity index (χ4v) is 2.27. The molecule has 1 fully saturated rings. The van der Waals surface area contributed by atoms with Crippen molar-refractivity contribution in [3.05, 3.63) is 0 Å². The zero-order valence-electron chi connectivity index (χ0n) is 11.7. The summed E-state index contributed by atoms with van der Waals surface area (Å²) >= 11 is 0. The molecule has 104 valence electrons. The van der Waals surface area contributed by atoms with Gasteiger partial charge in [-0.2, -0.15) is 0 Å². The minimum Gasteiger partial charge on any atom is -0.468 e. The van der Waals surface area contributed by atoms with Gasteiger partial charge < -0.3 is 15.0 Å². The normalized spacial score (nSPS) is 18.8. The van der Waals surface area contributed by atoms with Gasteiger partial charge in [0, 0.05) is 26.1 Å². The number of methoxy groups -OCH3 is 1. The highest BCUT2D eigenvalue weighted by atomic mass is 16.5. The van der Waals surface area contributed by atoms with Gasteiger partial charge in [-0.25, -0.2) is 0 Å². The molecule has 0 saturated carbocycles. The lowest BCUT2D eigenvalue weighted by Crippen LogP contribution is -2.51. The second-order valence-corrected chi connectivity index (χ2v) is 5.19. The maximum Gasteiger partial charge on any atom is 0.323 e. The first-order valence-corrected chi connectivity index (χ1v) is 6.55. The maximum atomic E-state index is 11.7. The fourth-order valence-electron chi connectivity index (χ4n) is 2.27. The Morgan fingerprint density at radius 3 is 2.22 bits per heavy atom. The summed E-state index contributed by atoms with van der Waals surface area (Å²) in [5.74, 6) is 0.115. The van der Waals surface area contributed by atoms with Crippen molar-refractivity contribution in [3.63, 3.8) is 0 Å². The summed E-state index contributed by atoms with van der Waals surface area (Å²) in [7, 11) is 1.41. The molecular formula is C13H24N2O3. The van der Waals surface area contributed by atoms with Crippen LogP contribution in [0.2, 0.25) is 0 Å². The van der Waals surface area contributed by atoms with Crippen LogP contribution in [0.3, 0.4) is 0 Å². The number of amides is 1. The van der Waals surface area contributed by atoms with Crippen LogP contribution < -0.4 is 5.32 Å². The van der Waals surface area contributed by atoms with E-state index in [1.165, 1.54) is 7.11 Å². The summed E-state index contributed by atoms with van der Waals surface area (Å²) in [6, 6.07) is 0.0241. The van der Waals surface area contributed by atoms with Crippen LogP contribution in [0.1, 0.15) is 33.6 Å². The lowest BCUT2D eigenvalue weighted by Gasteiger charge is -2.34. The molecule has 0 spiro atoms. The zero-order valence-corrected chi connectivity index (χ0v) is 11.7. The van der Waals surface area contributed by atoms with E-state index in [0.29, 0.717) is 0 Å². The van der Waals surface area contributed by atoms with Gasteiger partial charge in [0.1, 0.15) is 6.04 Å². The van der Waals surface area contributed by atoms with E-state index in [9.17, 15) is 9.59 Å². The number of hydrogen-bond donors (Lipinski definition) is 1. The van der Waals surface area contributed by atoms with Crippen LogP contribution in [0.5, 0.6) is 0 Å². The van der Waals surface area contributed by atoms with Gasteiger partial charge in [0.05, 0.1) is 7.11 Å². The highest BCUT2D eigenvalue weighted by Crippen LogP contribution is 2.13. The van der Waals surface area contributed by atoms with E-state index < -0.39 is 0 Å². The molecule has 1 atom stereocenters. The lowest BCUT2D eigenvalue weighted by atomic mass is 9.99. The molecule has 0 unspecified atom stereocenters. The lowest BCUT2D eigenvalue weighted by molar-refractivity contribution is -0.145. The Kier molecular flexibility index (Phi) is 5.59. The predicted octanol–water partition coefficient (Wildman–Crippen LogP) is 0.784. The van der Waals surface area contributed by atoms with Gasteiger partial charge in [-0.15, -0.1) is 0 Å². The minimum atomic E-state index is -0.260. The van der Waals surface area contributed by atoms with Crippen molar-refractivity contribution in [3.8, 4) is 0 Å². The summed E-state index contributed by atoms with van der Waals surface area (Å²) in [6.07, 6.45) is 1.78. The Bertz CT molecular complexity index is 297. The second-order valence-electron chi connectivity index (χ2n) is 5.19. The van der Waals surface area contributed by atoms with Crippen molar-refractivity contribution in [1.29, 1.82) is 0 Å². The monoisotopic (exact) mass is 256 g/mol. The molecule has 5 nitrogen and oxygen atoms in total. The van der Waals surface area contributed by atoms with E-state index >= 15 is 0 Å². The first kappa shape index (κ1) is 15.0. The number of likely N-dealkylation sites (tertiary alicyclic amines) is 1. The Morgan fingerprint density at radius 2 is 1.83 bits per heavy atom. The van der Waals surface area contributed by atoms with Crippen LogP contribution in [0.25, 0.3) is 0 Å². The highest BCUT2D eigenvalue weighted by molar-refractivity contribution is 5.76. The highest BCUT2D eigenvalue weighted by Gasteiger charge is 2.28. The average molecular weight is 256 g/mol. The molecule has 1 heterocycles. The van der Waals surface area contributed by atoms with Gasteiger partial charge in [-0.3, -0.25) is 9.59 Å². The van der Waals surface area contributed by atoms with Crippen molar-refractivity contribution in [2.45, 2.75) is 45.7 Å². The molecule has 18 heavy (non-hydrogen) atoms. The number of carbonyl (C=O) groups excluding carboxylic acids is 2. The SMILES string of the molecule is COC(=O)[C@@H](NC1CCN(C(C)=O)CC1)C(C)C. The first-order chi connectivity index (χ1) is 8.45. The van der Waals surface area contributed by atoms with Crippen LogP contribution in [-0.2, 0) is 14.3 Å². The van der Waals surface area contributed by atoms with Gasteiger partial charge >= 0.3 is 5.97 Å². The summed E-state index contributed by atoms with van der Waals surface area (Å²) in [6.45, 7) is 7.12. The largest absolute Gasteiger partial charge is 0.468 e. The van der Waals surface area contributed by atoms with Crippen molar-refractivity contribution in [2.24, 2.45) is 5.92 Å². The van der Waals surface area contributed by atoms with Gasteiger partial charge in [0.2, 0.25) is 5.91 Å². The van der Waals surface area contributed by atoms with Gasteiger partial charge in [-0.1, -0.05) is 13.8 Å². The Balaban J connectivity index is 2.47. The molecule has 1 aliphatic heterocycles. The molecule has 5 heteroatoms. The number of nitrogens with zero attached hydrogens (tertiary/aromatic N) is 1. The van der Waals surface area contributed by atoms with Gasteiger partial charge in [0.25, 0.3) is 0 Å². The molecule has 0 radical (unpaired) electrons. The fraction of sp³-hybridized carbons (Fsp3) is 0.846. The summed E-state index contributed by atoms with van der Waals surface area (Å²) in [5.41, 5.74) is 0. The molecular weight excluding hydrogens is 232 g/mol. The van der Waals surface area contributed by atoms with Gasteiger partial charge in [0.15, 0.2) is 0 Å². The maximum absolute atomic E-state index is 11.7. The molecule has 0 aromatic heterocycles. The number of carbonyl (C=O) groups is 2. The Morgan fingerprint density at radius 1 is 1.28 bits per heavy atom. The van der Waals surface area contributed by atoms with E-state index in [0.717, 1.165) is 25.9 Å². The van der Waals surface area contributed by atoms with E-state index in [1.54, 1.807) is 6.92 Å². The van der Waals surface area contributed by atoms with Crippen molar-refractivity contribution < 1.29 is 14.3 Å². The predicted molar refractivity (Wildman–Crippen MR) is 69.1 cm³/mol. The molecule has 1 rings (SSSR count). The summed E-state index contributed by atoms with van der Waals surface area (Å²) in [5, 5.41) is 3.35. The van der Waals surface area contributed by atoms with E-state index in [2.05, 4.69) is 5.32 Å². The van der Waals surface area contributed by atoms with Crippen LogP contribution >= 0.6 is 0 Å². The minimum absolute atomic E-state index is 0.127. The third-order valence-corrected chi connectivity index (χ3v) is 3.48. The molecule has 1 amide bonds. The van der Waals surface area contributed by atoms with Crippen LogP contribution in [0, 0.1) is 5.92 Å². The second kappa shape index (κ2) is 6.73. The number of piperidine rings is 1. The zero-order chi connectivity index (χ0) is 13.7. The Hall–Kier alpha value is -1.10. The topological polar surface area (TPSA) is 58.6 Å². The number of esters is 1. The molecule has 0 aromatic carbocycles. The molecule has 0 bridgehead atoms. The van der Waals surface area contributed by atoms with E-state index in [-0.39, 0.29) is 29.9 Å². The number of hydrogen-bond acceptors (Lipinski definition) is 4.